The molecule has 1 aliphatic rings. The summed E-state index contributed by atoms with van der Waals surface area (Å²) < 4.78 is 7.17. The Bertz CT molecular complexity index is 1030. The van der Waals surface area contributed by atoms with E-state index >= 15 is 0 Å². The minimum atomic E-state index is -0.387. The van der Waals surface area contributed by atoms with Crippen LogP contribution in [0.25, 0.3) is 0 Å². The van der Waals surface area contributed by atoms with E-state index in [1.165, 1.54) is 11.3 Å². The number of aromatic nitrogens is 2. The van der Waals surface area contributed by atoms with Gasteiger partial charge in [0.2, 0.25) is 5.91 Å². The zero-order valence-corrected chi connectivity index (χ0v) is 18.5. The molecule has 3 heterocycles. The van der Waals surface area contributed by atoms with E-state index in [0.29, 0.717) is 18.0 Å². The van der Waals surface area contributed by atoms with Gasteiger partial charge < -0.3 is 19.5 Å². The summed E-state index contributed by atoms with van der Waals surface area (Å²) in [6.07, 6.45) is 5.15. The molecule has 1 aromatic carbocycles. The molecule has 1 saturated heterocycles. The van der Waals surface area contributed by atoms with Crippen molar-refractivity contribution >= 4 is 23.2 Å². The van der Waals surface area contributed by atoms with Crippen LogP contribution in [0.5, 0.6) is 5.75 Å². The largest absolute Gasteiger partial charge is 0.497 e. The summed E-state index contributed by atoms with van der Waals surface area (Å²) in [4.78, 5) is 33.0. The highest BCUT2D eigenvalue weighted by molar-refractivity contribution is 7.12. The van der Waals surface area contributed by atoms with Crippen molar-refractivity contribution in [1.82, 2.24) is 19.8 Å². The number of nitrogens with one attached hydrogen (secondary N) is 1. The number of carbonyl (C=O) groups excluding carboxylic acids is 2. The average Bonchev–Trinajstić information content (AvgIpc) is 3.49. The molecule has 0 unspecified atom stereocenters. The number of likely N-dealkylation sites (tertiary alicyclic amines) is 1. The summed E-state index contributed by atoms with van der Waals surface area (Å²) in [5, 5.41) is 5.08. The number of imidazole rings is 1. The number of thiophene rings is 1. The van der Waals surface area contributed by atoms with Crippen LogP contribution >= 0.6 is 11.3 Å². The summed E-state index contributed by atoms with van der Waals surface area (Å²) in [6.45, 7) is 1.11. The summed E-state index contributed by atoms with van der Waals surface area (Å²) >= 11 is 1.43. The van der Waals surface area contributed by atoms with Gasteiger partial charge in [-0.25, -0.2) is 4.98 Å². The lowest BCUT2D eigenvalue weighted by Gasteiger charge is -2.32. The first-order chi connectivity index (χ1) is 15.1. The Morgan fingerprint density at radius 2 is 2.06 bits per heavy atom. The molecule has 0 aliphatic carbocycles. The van der Waals surface area contributed by atoms with E-state index in [1.54, 1.807) is 18.2 Å². The Morgan fingerprint density at radius 3 is 2.71 bits per heavy atom. The van der Waals surface area contributed by atoms with Crippen molar-refractivity contribution in [2.75, 3.05) is 20.2 Å². The Labute approximate surface area is 185 Å². The van der Waals surface area contributed by atoms with Crippen LogP contribution in [0.15, 0.2) is 54.2 Å². The van der Waals surface area contributed by atoms with E-state index < -0.39 is 0 Å². The molecule has 7 nitrogen and oxygen atoms in total. The first kappa shape index (κ1) is 21.1. The van der Waals surface area contributed by atoms with E-state index in [9.17, 15) is 9.59 Å². The van der Waals surface area contributed by atoms with Crippen LogP contribution in [0.3, 0.4) is 0 Å². The fourth-order valence-corrected chi connectivity index (χ4v) is 4.63. The molecule has 0 saturated carbocycles. The average molecular weight is 439 g/mol. The van der Waals surface area contributed by atoms with Crippen LogP contribution in [0.2, 0.25) is 0 Å². The maximum atomic E-state index is 13.3. The second-order valence-electron chi connectivity index (χ2n) is 7.68. The normalized spacial score (nSPS) is 17.2. The standard InChI is InChI=1S/C23H26N4O3S/c1-26-13-11-24-21(26)20(16-7-9-18(30-2)10-8-16)25-22(28)17-5-3-12-27(15-17)23(29)19-6-4-14-31-19/h4,6-11,13-14,17,20H,3,5,12,15H2,1-2H3,(H,25,28)/t17-,20+/m0/s1. The zero-order chi connectivity index (χ0) is 21.8. The zero-order valence-electron chi connectivity index (χ0n) is 17.7. The quantitative estimate of drug-likeness (QED) is 0.641. The molecule has 162 valence electrons. The molecule has 1 aliphatic heterocycles. The van der Waals surface area contributed by atoms with Crippen LogP contribution in [0, 0.1) is 5.92 Å². The molecule has 8 heteroatoms. The highest BCUT2D eigenvalue weighted by Crippen LogP contribution is 2.26. The van der Waals surface area contributed by atoms with Gasteiger partial charge in [-0.3, -0.25) is 9.59 Å². The summed E-state index contributed by atoms with van der Waals surface area (Å²) in [6, 6.07) is 10.9. The number of ether oxygens (including phenoxy) is 1. The molecule has 1 N–H and O–H groups in total. The number of benzene rings is 1. The minimum Gasteiger partial charge on any atom is -0.497 e. The number of hydrogen-bond acceptors (Lipinski definition) is 5. The molecule has 0 radical (unpaired) electrons. The number of aryl methyl sites for hydroxylation is 1. The topological polar surface area (TPSA) is 76.5 Å². The van der Waals surface area contributed by atoms with Gasteiger partial charge in [-0.05, 0) is 42.0 Å². The highest BCUT2D eigenvalue weighted by atomic mass is 32.1. The maximum Gasteiger partial charge on any atom is 0.263 e. The van der Waals surface area contributed by atoms with Crippen LogP contribution in [-0.2, 0) is 11.8 Å². The van der Waals surface area contributed by atoms with Crippen molar-refractivity contribution in [3.05, 3.63) is 70.4 Å². The Kier molecular flexibility index (Phi) is 6.36. The van der Waals surface area contributed by atoms with Crippen molar-refractivity contribution in [2.24, 2.45) is 13.0 Å². The van der Waals surface area contributed by atoms with Gasteiger partial charge in [-0.1, -0.05) is 18.2 Å². The predicted octanol–water partition coefficient (Wildman–Crippen LogP) is 3.25. The van der Waals surface area contributed by atoms with Gasteiger partial charge in [0.25, 0.3) is 5.91 Å². The number of carbonyl (C=O) groups is 2. The molecule has 31 heavy (non-hydrogen) atoms. The summed E-state index contributed by atoms with van der Waals surface area (Å²) in [5.74, 6) is 1.19. The molecular weight excluding hydrogens is 412 g/mol. The van der Waals surface area contributed by atoms with Crippen LogP contribution in [-0.4, -0.2) is 46.5 Å². The summed E-state index contributed by atoms with van der Waals surface area (Å²) in [5.41, 5.74) is 0.922. The SMILES string of the molecule is COc1ccc([C@@H](NC(=O)[C@H]2CCCN(C(=O)c3cccs3)C2)c2nccn2C)cc1. The van der Waals surface area contributed by atoms with Crippen LogP contribution in [0.1, 0.15) is 39.9 Å². The number of methoxy groups -OCH3 is 1. The number of hydrogen-bond donors (Lipinski definition) is 1. The lowest BCUT2D eigenvalue weighted by molar-refractivity contribution is -0.126. The monoisotopic (exact) mass is 438 g/mol. The Morgan fingerprint density at radius 1 is 1.26 bits per heavy atom. The number of rotatable bonds is 6. The first-order valence-corrected chi connectivity index (χ1v) is 11.2. The fraction of sp³-hybridized carbons (Fsp3) is 0.348. The molecule has 1 fully saturated rings. The molecule has 4 rings (SSSR count). The highest BCUT2D eigenvalue weighted by Gasteiger charge is 2.31. The third-order valence-corrected chi connectivity index (χ3v) is 6.52. The van der Waals surface area contributed by atoms with Gasteiger partial charge in [-0.15, -0.1) is 11.3 Å². The third kappa shape index (κ3) is 4.64. The van der Waals surface area contributed by atoms with Crippen LogP contribution < -0.4 is 10.1 Å². The van der Waals surface area contributed by atoms with Crippen molar-refractivity contribution in [3.63, 3.8) is 0 Å². The predicted molar refractivity (Wildman–Crippen MR) is 119 cm³/mol. The van der Waals surface area contributed by atoms with Crippen molar-refractivity contribution in [2.45, 2.75) is 18.9 Å². The molecule has 2 amide bonds. The van der Waals surface area contributed by atoms with Gasteiger partial charge in [0, 0.05) is 32.5 Å². The maximum absolute atomic E-state index is 13.3. The Hall–Kier alpha value is -3.13. The van der Waals surface area contributed by atoms with E-state index in [-0.39, 0.29) is 23.8 Å². The minimum absolute atomic E-state index is 0.00306. The van der Waals surface area contributed by atoms with Gasteiger partial charge in [0.1, 0.15) is 17.6 Å². The molecule has 0 spiro atoms. The van der Waals surface area contributed by atoms with Gasteiger partial charge in [-0.2, -0.15) is 0 Å². The van der Waals surface area contributed by atoms with E-state index in [2.05, 4.69) is 10.3 Å². The summed E-state index contributed by atoms with van der Waals surface area (Å²) in [7, 11) is 3.53. The van der Waals surface area contributed by atoms with Gasteiger partial charge >= 0.3 is 0 Å². The molecule has 0 bridgehead atoms. The number of amides is 2. The fourth-order valence-electron chi connectivity index (χ4n) is 3.94. The van der Waals surface area contributed by atoms with E-state index in [4.69, 9.17) is 4.74 Å². The first-order valence-electron chi connectivity index (χ1n) is 10.3. The van der Waals surface area contributed by atoms with E-state index in [0.717, 1.165) is 30.0 Å². The molecular formula is C23H26N4O3S. The van der Waals surface area contributed by atoms with Crippen molar-refractivity contribution in [1.29, 1.82) is 0 Å². The number of nitrogens with zero attached hydrogens (tertiary/aromatic N) is 3. The van der Waals surface area contributed by atoms with E-state index in [1.807, 2.05) is 59.6 Å². The van der Waals surface area contributed by atoms with Gasteiger partial charge in [0.15, 0.2) is 0 Å². The van der Waals surface area contributed by atoms with Crippen LogP contribution in [0.4, 0.5) is 0 Å². The Balaban J connectivity index is 1.51. The van der Waals surface area contributed by atoms with Gasteiger partial charge in [0.05, 0.1) is 17.9 Å². The smallest absolute Gasteiger partial charge is 0.263 e. The number of piperidine rings is 1. The second-order valence-corrected chi connectivity index (χ2v) is 8.63. The molecule has 2 aromatic heterocycles. The third-order valence-electron chi connectivity index (χ3n) is 5.66. The lowest BCUT2D eigenvalue weighted by Crippen LogP contribution is -2.46. The molecule has 2 atom stereocenters. The second kappa shape index (κ2) is 9.34. The van der Waals surface area contributed by atoms with Crippen molar-refractivity contribution < 1.29 is 14.3 Å². The van der Waals surface area contributed by atoms with Crippen molar-refractivity contribution in [3.8, 4) is 5.75 Å². The lowest BCUT2D eigenvalue weighted by atomic mass is 9.95. The molecule has 3 aromatic rings.